The maximum Gasteiger partial charge on any atom is 0.407 e. The van der Waals surface area contributed by atoms with Crippen molar-refractivity contribution in [3.8, 4) is 0 Å². The molecule has 0 saturated heterocycles. The molecule has 3 amide bonds. The lowest BCUT2D eigenvalue weighted by Gasteiger charge is -2.17. The molecule has 1 fully saturated rings. The number of imidazole rings is 1. The number of likely N-dealkylation sites (N-methyl/N-ethyl adjacent to an activating group) is 1. The largest absolute Gasteiger partial charge is 0.453 e. The van der Waals surface area contributed by atoms with Crippen molar-refractivity contribution in [3.63, 3.8) is 0 Å². The molecule has 11 nitrogen and oxygen atoms in total. The van der Waals surface area contributed by atoms with Gasteiger partial charge in [-0.2, -0.15) is 0 Å². The van der Waals surface area contributed by atoms with Crippen LogP contribution in [0.1, 0.15) is 37.9 Å². The van der Waals surface area contributed by atoms with Crippen LogP contribution in [0.15, 0.2) is 47.4 Å². The maximum absolute atomic E-state index is 14.1. The Kier molecular flexibility index (Phi) is 9.71. The Labute approximate surface area is 241 Å². The zero-order valence-electron chi connectivity index (χ0n) is 23.7. The number of halogens is 2. The van der Waals surface area contributed by atoms with Crippen molar-refractivity contribution in [1.82, 2.24) is 24.3 Å². The van der Waals surface area contributed by atoms with Gasteiger partial charge in [0.25, 0.3) is 5.56 Å². The zero-order chi connectivity index (χ0) is 30.4. The van der Waals surface area contributed by atoms with Crippen molar-refractivity contribution in [2.75, 3.05) is 26.5 Å². The smallest absolute Gasteiger partial charge is 0.407 e. The number of fused-ring (bicyclic) bond motifs is 1. The van der Waals surface area contributed by atoms with E-state index in [1.165, 1.54) is 27.8 Å². The summed E-state index contributed by atoms with van der Waals surface area (Å²) >= 11 is 0. The van der Waals surface area contributed by atoms with Crippen LogP contribution < -0.4 is 16.2 Å². The first kappa shape index (κ1) is 30.4. The van der Waals surface area contributed by atoms with Crippen LogP contribution in [0.5, 0.6) is 0 Å². The Hall–Kier alpha value is -4.55. The molecule has 4 rings (SSSR count). The van der Waals surface area contributed by atoms with Gasteiger partial charge in [0.15, 0.2) is 11.6 Å². The third kappa shape index (κ3) is 7.59. The number of nitrogens with zero attached hydrogens (tertiary/aromatic N) is 4. The molecule has 2 aromatic heterocycles. The lowest BCUT2D eigenvalue weighted by atomic mass is 10.1. The molecular formula is C29H34F2N6O5. The number of anilines is 1. The van der Waals surface area contributed by atoms with Crippen molar-refractivity contribution in [3.05, 3.63) is 70.4 Å². The van der Waals surface area contributed by atoms with E-state index in [0.717, 1.165) is 38.5 Å². The van der Waals surface area contributed by atoms with Crippen molar-refractivity contribution in [2.24, 2.45) is 5.92 Å². The summed E-state index contributed by atoms with van der Waals surface area (Å²) in [5.41, 5.74) is 0.169. The number of carbonyl (C=O) groups is 3. The van der Waals surface area contributed by atoms with E-state index in [1.807, 2.05) is 0 Å². The zero-order valence-corrected chi connectivity index (χ0v) is 23.7. The molecule has 224 valence electrons. The number of pyridine rings is 1. The number of amides is 3. The third-order valence-corrected chi connectivity index (χ3v) is 7.03. The van der Waals surface area contributed by atoms with Crippen LogP contribution in [0.4, 0.5) is 19.3 Å². The molecule has 2 heterocycles. The second-order valence-corrected chi connectivity index (χ2v) is 10.4. The minimum Gasteiger partial charge on any atom is -0.453 e. The number of carbonyl (C=O) groups excluding carboxylic acids is 3. The van der Waals surface area contributed by atoms with E-state index in [2.05, 4.69) is 20.4 Å². The van der Waals surface area contributed by atoms with Gasteiger partial charge >= 0.3 is 6.09 Å². The van der Waals surface area contributed by atoms with E-state index in [1.54, 1.807) is 30.8 Å². The van der Waals surface area contributed by atoms with Crippen molar-refractivity contribution >= 4 is 34.6 Å². The average molecular weight is 585 g/mol. The summed E-state index contributed by atoms with van der Waals surface area (Å²) in [6, 6.07) is 4.12. The molecule has 1 aromatic carbocycles. The van der Waals surface area contributed by atoms with E-state index in [4.69, 9.17) is 0 Å². The van der Waals surface area contributed by atoms with E-state index in [9.17, 15) is 28.0 Å². The molecule has 13 heteroatoms. The standard InChI is InChI=1S/C29H34F2N6O5/c1-35(2)26(38)9-5-4-7-21(34-29(41)42-3)27(39)33-22-8-6-13-36(28(22)40)17-25-32-23-15-19(30)20(31)16-24(23)37(25)14-12-18-10-11-18/h5-6,8-9,13,15-16,18,21H,4,7,10-12,14,17H2,1-3H3,(H,33,39)(H,34,41). The SMILES string of the molecule is COC(=O)NC(CCC=CC(=O)N(C)C)C(=O)Nc1cccn(Cc2nc3cc(F)c(F)cc3n2CCC2CC2)c1=O. The molecular weight excluding hydrogens is 550 g/mol. The highest BCUT2D eigenvalue weighted by Gasteiger charge is 2.24. The number of methoxy groups -OCH3 is 1. The number of benzene rings is 1. The number of ether oxygens (including phenoxy) is 1. The van der Waals surface area contributed by atoms with Gasteiger partial charge in [-0.25, -0.2) is 18.6 Å². The third-order valence-electron chi connectivity index (χ3n) is 7.03. The van der Waals surface area contributed by atoms with E-state index >= 15 is 0 Å². The summed E-state index contributed by atoms with van der Waals surface area (Å²) in [6.45, 7) is 0.544. The Morgan fingerprint density at radius 1 is 1.21 bits per heavy atom. The first-order chi connectivity index (χ1) is 20.1. The number of nitrogens with one attached hydrogen (secondary N) is 2. The molecule has 3 aromatic rings. The summed E-state index contributed by atoms with van der Waals surface area (Å²) < 4.78 is 35.8. The number of hydrogen-bond acceptors (Lipinski definition) is 6. The number of alkyl carbamates (subject to hydrolysis) is 1. The Morgan fingerprint density at radius 3 is 2.64 bits per heavy atom. The highest BCUT2D eigenvalue weighted by molar-refractivity contribution is 5.96. The van der Waals surface area contributed by atoms with Gasteiger partial charge < -0.3 is 29.4 Å². The lowest BCUT2D eigenvalue weighted by Crippen LogP contribution is -2.44. The first-order valence-electron chi connectivity index (χ1n) is 13.6. The van der Waals surface area contributed by atoms with Crippen molar-refractivity contribution in [2.45, 2.75) is 51.2 Å². The van der Waals surface area contributed by atoms with Gasteiger partial charge in [0, 0.05) is 39.0 Å². The summed E-state index contributed by atoms with van der Waals surface area (Å²) in [5, 5.41) is 5.02. The van der Waals surface area contributed by atoms with Crippen LogP contribution in [0.2, 0.25) is 0 Å². The molecule has 0 aliphatic heterocycles. The van der Waals surface area contributed by atoms with Gasteiger partial charge in [0.1, 0.15) is 17.6 Å². The highest BCUT2D eigenvalue weighted by atomic mass is 19.2. The molecule has 1 aliphatic carbocycles. The van der Waals surface area contributed by atoms with Gasteiger partial charge in [-0.05, 0) is 43.4 Å². The fraction of sp³-hybridized carbons (Fsp3) is 0.414. The molecule has 1 aliphatic rings. The quantitative estimate of drug-likeness (QED) is 0.314. The van der Waals surface area contributed by atoms with Gasteiger partial charge in [0.05, 0.1) is 24.7 Å². The first-order valence-corrected chi connectivity index (χ1v) is 13.6. The fourth-order valence-electron chi connectivity index (χ4n) is 4.45. The Morgan fingerprint density at radius 2 is 1.95 bits per heavy atom. The van der Waals surface area contributed by atoms with E-state index < -0.39 is 35.2 Å². The maximum atomic E-state index is 14.1. The van der Waals surface area contributed by atoms with Gasteiger partial charge in [-0.1, -0.05) is 18.9 Å². The molecule has 0 bridgehead atoms. The highest BCUT2D eigenvalue weighted by Crippen LogP contribution is 2.33. The van der Waals surface area contributed by atoms with Crippen LogP contribution in [0, 0.1) is 17.6 Å². The van der Waals surface area contributed by atoms with Gasteiger partial charge in [0.2, 0.25) is 11.8 Å². The average Bonchev–Trinajstić information content (AvgIpc) is 3.73. The van der Waals surface area contributed by atoms with Crippen LogP contribution in [0.3, 0.4) is 0 Å². The molecule has 42 heavy (non-hydrogen) atoms. The molecule has 1 unspecified atom stereocenters. The second kappa shape index (κ2) is 13.4. The number of hydrogen-bond donors (Lipinski definition) is 2. The monoisotopic (exact) mass is 584 g/mol. The summed E-state index contributed by atoms with van der Waals surface area (Å²) in [6.07, 6.45) is 7.19. The number of allylic oxidation sites excluding steroid dienone is 1. The Bertz CT molecular complexity index is 1560. The molecule has 1 saturated carbocycles. The predicted molar refractivity (Wildman–Crippen MR) is 152 cm³/mol. The van der Waals surface area contributed by atoms with Crippen molar-refractivity contribution in [1.29, 1.82) is 0 Å². The minimum absolute atomic E-state index is 0.000331. The minimum atomic E-state index is -1.05. The second-order valence-electron chi connectivity index (χ2n) is 10.4. The van der Waals surface area contributed by atoms with Crippen LogP contribution >= 0.6 is 0 Å². The number of aromatic nitrogens is 3. The fourth-order valence-corrected chi connectivity index (χ4v) is 4.45. The van der Waals surface area contributed by atoms with Crippen molar-refractivity contribution < 1.29 is 27.9 Å². The molecule has 1 atom stereocenters. The normalized spacial score (nSPS) is 13.7. The molecule has 0 radical (unpaired) electrons. The van der Waals surface area contributed by atoms with E-state index in [0.29, 0.717) is 30.2 Å². The van der Waals surface area contributed by atoms with Crippen LogP contribution in [-0.4, -0.2) is 64.2 Å². The summed E-state index contributed by atoms with van der Waals surface area (Å²) in [4.78, 5) is 55.9. The van der Waals surface area contributed by atoms with Gasteiger partial charge in [-0.3, -0.25) is 14.4 Å². The lowest BCUT2D eigenvalue weighted by molar-refractivity contribution is -0.123. The molecule has 2 N–H and O–H groups in total. The van der Waals surface area contributed by atoms with Gasteiger partial charge in [-0.15, -0.1) is 0 Å². The summed E-state index contributed by atoms with van der Waals surface area (Å²) in [5.74, 6) is -1.82. The number of rotatable bonds is 12. The predicted octanol–water partition coefficient (Wildman–Crippen LogP) is 3.41. The summed E-state index contributed by atoms with van der Waals surface area (Å²) in [7, 11) is 4.38. The van der Waals surface area contributed by atoms with E-state index in [-0.39, 0.29) is 30.1 Å². The van der Waals surface area contributed by atoms with Crippen LogP contribution in [0.25, 0.3) is 11.0 Å². The topological polar surface area (TPSA) is 128 Å². The number of aryl methyl sites for hydroxylation is 1. The van der Waals surface area contributed by atoms with Crippen LogP contribution in [-0.2, 0) is 27.4 Å². The Balaban J connectivity index is 1.53. The molecule has 0 spiro atoms.